The third-order valence-electron chi connectivity index (χ3n) is 3.98. The Balaban J connectivity index is 3.18. The molecule has 1 saturated carbocycles. The summed E-state index contributed by atoms with van der Waals surface area (Å²) in [5.74, 6) is -0.921. The van der Waals surface area contributed by atoms with Gasteiger partial charge in [0.2, 0.25) is 0 Å². The van der Waals surface area contributed by atoms with Crippen LogP contribution in [0.2, 0.25) is 0 Å². The van der Waals surface area contributed by atoms with Gasteiger partial charge in [0.1, 0.15) is 0 Å². The molecule has 0 aromatic rings. The molecule has 0 amide bonds. The van der Waals surface area contributed by atoms with Crippen molar-refractivity contribution in [2.24, 2.45) is 11.3 Å². The van der Waals surface area contributed by atoms with E-state index in [2.05, 4.69) is 0 Å². The minimum atomic E-state index is -1.17. The highest BCUT2D eigenvalue weighted by molar-refractivity contribution is 6.00. The number of esters is 2. The molecule has 1 aliphatic carbocycles. The van der Waals surface area contributed by atoms with Crippen molar-refractivity contribution in [2.45, 2.75) is 46.0 Å². The molecule has 0 saturated heterocycles. The van der Waals surface area contributed by atoms with Gasteiger partial charge in [0.15, 0.2) is 5.41 Å². The molecule has 4 nitrogen and oxygen atoms in total. The Kier molecular flexibility index (Phi) is 5.58. The number of ether oxygens (including phenoxy) is 2. The largest absolute Gasteiger partial charge is 0.468 e. The monoisotopic (exact) mass is 268 g/mol. The Bertz CT molecular complexity index is 344. The maximum absolute atomic E-state index is 12.3. The molecule has 0 bridgehead atoms. The molecular weight excluding hydrogens is 244 g/mol. The lowest BCUT2D eigenvalue weighted by Crippen LogP contribution is -2.46. The summed E-state index contributed by atoms with van der Waals surface area (Å²) >= 11 is 0. The summed E-state index contributed by atoms with van der Waals surface area (Å²) in [6.07, 6.45) is 6.14. The maximum Gasteiger partial charge on any atom is 0.323 e. The van der Waals surface area contributed by atoms with Gasteiger partial charge in [0.05, 0.1) is 14.2 Å². The third kappa shape index (κ3) is 3.17. The molecular formula is C15H24O4. The van der Waals surface area contributed by atoms with Crippen LogP contribution in [-0.4, -0.2) is 26.2 Å². The van der Waals surface area contributed by atoms with E-state index in [-0.39, 0.29) is 5.92 Å². The van der Waals surface area contributed by atoms with Crippen LogP contribution < -0.4 is 0 Å². The predicted molar refractivity (Wildman–Crippen MR) is 72.5 cm³/mol. The first-order valence-electron chi connectivity index (χ1n) is 6.79. The summed E-state index contributed by atoms with van der Waals surface area (Å²) in [6, 6.07) is 0. The summed E-state index contributed by atoms with van der Waals surface area (Å²) in [4.78, 5) is 24.6. The average Bonchev–Trinajstić information content (AvgIpc) is 2.92. The summed E-state index contributed by atoms with van der Waals surface area (Å²) in [5, 5.41) is 0. The highest BCUT2D eigenvalue weighted by atomic mass is 16.5. The van der Waals surface area contributed by atoms with Crippen molar-refractivity contribution < 1.29 is 19.1 Å². The molecule has 0 aliphatic heterocycles. The van der Waals surface area contributed by atoms with Gasteiger partial charge >= 0.3 is 11.9 Å². The zero-order valence-corrected chi connectivity index (χ0v) is 12.3. The first kappa shape index (κ1) is 15.7. The van der Waals surface area contributed by atoms with E-state index in [0.717, 1.165) is 31.3 Å². The highest BCUT2D eigenvalue weighted by Gasteiger charge is 2.54. The van der Waals surface area contributed by atoms with Crippen LogP contribution in [0.3, 0.4) is 0 Å². The molecule has 4 heteroatoms. The fourth-order valence-electron chi connectivity index (χ4n) is 2.90. The second-order valence-electron chi connectivity index (χ2n) is 5.42. The van der Waals surface area contributed by atoms with Crippen molar-refractivity contribution in [2.75, 3.05) is 14.2 Å². The Hall–Kier alpha value is -1.32. The van der Waals surface area contributed by atoms with Crippen molar-refractivity contribution >= 4 is 11.9 Å². The van der Waals surface area contributed by atoms with Crippen LogP contribution in [0.5, 0.6) is 0 Å². The fraction of sp³-hybridized carbons (Fsp3) is 0.733. The molecule has 0 atom stereocenters. The zero-order valence-electron chi connectivity index (χ0n) is 12.3. The number of methoxy groups -OCH3 is 2. The quantitative estimate of drug-likeness (QED) is 0.437. The Morgan fingerprint density at radius 1 is 1.11 bits per heavy atom. The van der Waals surface area contributed by atoms with Crippen molar-refractivity contribution in [1.82, 2.24) is 0 Å². The van der Waals surface area contributed by atoms with Crippen LogP contribution in [0, 0.1) is 11.3 Å². The second kappa shape index (κ2) is 6.73. The molecule has 19 heavy (non-hydrogen) atoms. The zero-order chi connectivity index (χ0) is 14.5. The number of hydrogen-bond donors (Lipinski definition) is 0. The lowest BCUT2D eigenvalue weighted by atomic mass is 9.71. The second-order valence-corrected chi connectivity index (χ2v) is 5.42. The Morgan fingerprint density at radius 2 is 1.58 bits per heavy atom. The summed E-state index contributed by atoms with van der Waals surface area (Å²) < 4.78 is 9.83. The first-order chi connectivity index (χ1) is 8.98. The maximum atomic E-state index is 12.3. The number of allylic oxidation sites excluding steroid dienone is 2. The molecule has 1 fully saturated rings. The van der Waals surface area contributed by atoms with Crippen LogP contribution in [0.15, 0.2) is 11.6 Å². The lowest BCUT2D eigenvalue weighted by molar-refractivity contribution is -0.173. The topological polar surface area (TPSA) is 52.6 Å². The van der Waals surface area contributed by atoms with Crippen LogP contribution in [-0.2, 0) is 19.1 Å². The SMILES string of the molecule is COC(=O)C(CC=C(C)C)(C(=O)OC)C1CCCC1. The van der Waals surface area contributed by atoms with Gasteiger partial charge in [-0.25, -0.2) is 0 Å². The van der Waals surface area contributed by atoms with E-state index in [4.69, 9.17) is 9.47 Å². The van der Waals surface area contributed by atoms with Gasteiger partial charge in [-0.15, -0.1) is 0 Å². The van der Waals surface area contributed by atoms with E-state index >= 15 is 0 Å². The molecule has 108 valence electrons. The highest BCUT2D eigenvalue weighted by Crippen LogP contribution is 2.44. The fourth-order valence-corrected chi connectivity index (χ4v) is 2.90. The van der Waals surface area contributed by atoms with Crippen molar-refractivity contribution in [3.8, 4) is 0 Å². The van der Waals surface area contributed by atoms with E-state index in [9.17, 15) is 9.59 Å². The third-order valence-corrected chi connectivity index (χ3v) is 3.98. The molecule has 1 rings (SSSR count). The summed E-state index contributed by atoms with van der Waals surface area (Å²) in [7, 11) is 2.66. The van der Waals surface area contributed by atoms with E-state index in [0.29, 0.717) is 6.42 Å². The van der Waals surface area contributed by atoms with Crippen molar-refractivity contribution in [3.63, 3.8) is 0 Å². The Labute approximate surface area is 115 Å². The predicted octanol–water partition coefficient (Wildman–Crippen LogP) is 2.87. The summed E-state index contributed by atoms with van der Waals surface area (Å²) in [5.41, 5.74) is -0.0905. The van der Waals surface area contributed by atoms with Gasteiger partial charge in [-0.3, -0.25) is 9.59 Å². The van der Waals surface area contributed by atoms with Crippen LogP contribution in [0.4, 0.5) is 0 Å². The lowest BCUT2D eigenvalue weighted by Gasteiger charge is -2.32. The molecule has 1 aliphatic rings. The minimum absolute atomic E-state index is 0.0167. The van der Waals surface area contributed by atoms with Gasteiger partial charge in [0, 0.05) is 0 Å². The number of carbonyl (C=O) groups excluding carboxylic acids is 2. The van der Waals surface area contributed by atoms with E-state index in [1.165, 1.54) is 14.2 Å². The van der Waals surface area contributed by atoms with E-state index in [1.54, 1.807) is 0 Å². The molecule has 0 N–H and O–H groups in total. The number of carbonyl (C=O) groups is 2. The minimum Gasteiger partial charge on any atom is -0.468 e. The van der Waals surface area contributed by atoms with Gasteiger partial charge in [-0.1, -0.05) is 24.5 Å². The van der Waals surface area contributed by atoms with Gasteiger partial charge < -0.3 is 9.47 Å². The summed E-state index contributed by atoms with van der Waals surface area (Å²) in [6.45, 7) is 3.90. The van der Waals surface area contributed by atoms with E-state index < -0.39 is 17.4 Å². The molecule has 0 spiro atoms. The van der Waals surface area contributed by atoms with Crippen LogP contribution in [0.25, 0.3) is 0 Å². The number of hydrogen-bond acceptors (Lipinski definition) is 4. The Morgan fingerprint density at radius 3 is 1.95 bits per heavy atom. The first-order valence-corrected chi connectivity index (χ1v) is 6.79. The number of rotatable bonds is 5. The molecule has 0 unspecified atom stereocenters. The molecule has 0 aromatic heterocycles. The average molecular weight is 268 g/mol. The molecule has 0 heterocycles. The standard InChI is InChI=1S/C15H24O4/c1-11(2)9-10-15(13(16)18-3,14(17)19-4)12-7-5-6-8-12/h9,12H,5-8,10H2,1-4H3. The normalized spacial score (nSPS) is 16.0. The van der Waals surface area contributed by atoms with Crippen LogP contribution in [0.1, 0.15) is 46.0 Å². The molecule has 0 aromatic carbocycles. The molecule has 0 radical (unpaired) electrons. The van der Waals surface area contributed by atoms with Gasteiger partial charge in [-0.2, -0.15) is 0 Å². The smallest absolute Gasteiger partial charge is 0.323 e. The van der Waals surface area contributed by atoms with Crippen molar-refractivity contribution in [3.05, 3.63) is 11.6 Å². The van der Waals surface area contributed by atoms with Gasteiger partial charge in [0.25, 0.3) is 0 Å². The van der Waals surface area contributed by atoms with E-state index in [1.807, 2.05) is 19.9 Å². The van der Waals surface area contributed by atoms with Crippen LogP contribution >= 0.6 is 0 Å². The van der Waals surface area contributed by atoms with Gasteiger partial charge in [-0.05, 0) is 39.0 Å². The van der Waals surface area contributed by atoms with Crippen molar-refractivity contribution in [1.29, 1.82) is 0 Å².